The minimum Gasteiger partial charge on any atom is -0.374 e. The molecule has 1 aromatic carbocycles. The molecule has 0 fully saturated rings. The monoisotopic (exact) mass is 341 g/mol. The molecule has 25 heavy (non-hydrogen) atoms. The van der Waals surface area contributed by atoms with Gasteiger partial charge in [0.25, 0.3) is 5.56 Å². The largest absolute Gasteiger partial charge is 0.374 e. The van der Waals surface area contributed by atoms with E-state index in [2.05, 4.69) is 20.9 Å². The van der Waals surface area contributed by atoms with Crippen LogP contribution in [0.3, 0.4) is 0 Å². The molecule has 0 spiro atoms. The molecule has 3 N–H and O–H groups in total. The number of nitrogens with zero attached hydrogens (tertiary/aromatic N) is 2. The number of hydrogen-bond acceptors (Lipinski definition) is 5. The first-order valence-corrected chi connectivity index (χ1v) is 8.48. The van der Waals surface area contributed by atoms with E-state index in [0.717, 1.165) is 16.9 Å². The van der Waals surface area contributed by atoms with Gasteiger partial charge in [-0.25, -0.2) is 4.98 Å². The number of nitrogens with one attached hydrogen (secondary N) is 3. The van der Waals surface area contributed by atoms with E-state index in [4.69, 9.17) is 0 Å². The summed E-state index contributed by atoms with van der Waals surface area (Å²) in [5.41, 5.74) is 2.93. The van der Waals surface area contributed by atoms with Gasteiger partial charge < -0.3 is 20.5 Å². The van der Waals surface area contributed by atoms with Crippen molar-refractivity contribution >= 4 is 23.1 Å². The maximum Gasteiger partial charge on any atom is 0.293 e. The number of rotatable bonds is 4. The second-order valence-electron chi connectivity index (χ2n) is 6.49. The van der Waals surface area contributed by atoms with Gasteiger partial charge in [0, 0.05) is 29.5 Å². The van der Waals surface area contributed by atoms with Crippen LogP contribution in [0.2, 0.25) is 0 Å². The van der Waals surface area contributed by atoms with Crippen LogP contribution in [0.15, 0.2) is 29.2 Å². The average molecular weight is 341 g/mol. The molecular weight excluding hydrogens is 318 g/mol. The van der Waals surface area contributed by atoms with Crippen LogP contribution in [0, 0.1) is 0 Å². The van der Waals surface area contributed by atoms with Crippen LogP contribution in [0.1, 0.15) is 27.7 Å². The normalized spacial score (nSPS) is 16.2. The zero-order chi connectivity index (χ0) is 18.1. The first-order valence-electron chi connectivity index (χ1n) is 8.48. The van der Waals surface area contributed by atoms with Gasteiger partial charge in [0.05, 0.1) is 11.9 Å². The molecule has 1 amide bonds. The quantitative estimate of drug-likeness (QED) is 0.795. The zero-order valence-electron chi connectivity index (χ0n) is 14.9. The van der Waals surface area contributed by atoms with E-state index in [0.29, 0.717) is 18.1 Å². The van der Waals surface area contributed by atoms with E-state index >= 15 is 0 Å². The van der Waals surface area contributed by atoms with Gasteiger partial charge in [-0.1, -0.05) is 0 Å². The number of carbonyl (C=O) groups is 1. The van der Waals surface area contributed by atoms with Crippen LogP contribution in [0.4, 0.5) is 17.2 Å². The molecule has 0 saturated heterocycles. The van der Waals surface area contributed by atoms with Crippen molar-refractivity contribution in [2.24, 2.45) is 0 Å². The summed E-state index contributed by atoms with van der Waals surface area (Å²) < 4.78 is 1.68. The van der Waals surface area contributed by atoms with E-state index in [-0.39, 0.29) is 23.6 Å². The van der Waals surface area contributed by atoms with Crippen LogP contribution in [0.5, 0.6) is 0 Å². The third kappa shape index (κ3) is 3.35. The summed E-state index contributed by atoms with van der Waals surface area (Å²) in [6.45, 7) is 8.19. The molecule has 3 rings (SSSR count). The van der Waals surface area contributed by atoms with Crippen molar-refractivity contribution in [1.82, 2.24) is 9.55 Å². The third-order valence-corrected chi connectivity index (χ3v) is 4.07. The van der Waals surface area contributed by atoms with E-state index in [1.807, 2.05) is 39.0 Å². The molecule has 2 heterocycles. The second kappa shape index (κ2) is 6.58. The highest BCUT2D eigenvalue weighted by Crippen LogP contribution is 2.29. The first-order chi connectivity index (χ1) is 11.9. The Labute approximate surface area is 146 Å². The number of fused-ring (bicyclic) bond motifs is 2. The lowest BCUT2D eigenvalue weighted by Gasteiger charge is -2.15. The second-order valence-corrected chi connectivity index (χ2v) is 6.49. The van der Waals surface area contributed by atoms with E-state index in [1.165, 1.54) is 0 Å². The summed E-state index contributed by atoms with van der Waals surface area (Å²) in [5.74, 6) is 0.260. The van der Waals surface area contributed by atoms with Crippen molar-refractivity contribution in [2.45, 2.75) is 46.3 Å². The maximum atomic E-state index is 12.7. The molecule has 0 saturated carbocycles. The topological polar surface area (TPSA) is 88.1 Å². The Morgan fingerprint density at radius 3 is 2.64 bits per heavy atom. The van der Waals surface area contributed by atoms with Crippen LogP contribution in [-0.4, -0.2) is 27.5 Å². The molecule has 2 bridgehead atoms. The average Bonchev–Trinajstić information content (AvgIpc) is 2.64. The van der Waals surface area contributed by atoms with Crippen LogP contribution < -0.4 is 21.5 Å². The van der Waals surface area contributed by atoms with Crippen molar-refractivity contribution in [2.75, 3.05) is 16.0 Å². The zero-order valence-corrected chi connectivity index (χ0v) is 14.9. The molecule has 1 aliphatic heterocycles. The van der Waals surface area contributed by atoms with Crippen LogP contribution in [-0.2, 0) is 11.3 Å². The Kier molecular flexibility index (Phi) is 4.48. The fraction of sp³-hybridized carbons (Fsp3) is 0.389. The first kappa shape index (κ1) is 17.0. The van der Waals surface area contributed by atoms with Crippen molar-refractivity contribution < 1.29 is 4.79 Å². The maximum absolute atomic E-state index is 12.7. The Morgan fingerprint density at radius 1 is 1.24 bits per heavy atom. The number of aromatic nitrogens is 2. The van der Waals surface area contributed by atoms with Gasteiger partial charge in [0.15, 0.2) is 5.82 Å². The molecule has 1 aliphatic rings. The van der Waals surface area contributed by atoms with Gasteiger partial charge in [-0.15, -0.1) is 0 Å². The highest BCUT2D eigenvalue weighted by Gasteiger charge is 2.19. The molecular formula is C18H23N5O2. The van der Waals surface area contributed by atoms with Gasteiger partial charge >= 0.3 is 0 Å². The molecule has 2 aromatic rings. The Hall–Kier alpha value is -2.83. The molecule has 0 radical (unpaired) electrons. The molecule has 1 atom stereocenters. The molecule has 7 nitrogen and oxygen atoms in total. The SMILES string of the molecule is CCn1c(-c2cc3cc(c2)NC(C)C(=O)N3)cnc(NC(C)C)c1=O. The number of carbonyl (C=O) groups excluding carboxylic acids is 1. The fourth-order valence-corrected chi connectivity index (χ4v) is 2.90. The summed E-state index contributed by atoms with van der Waals surface area (Å²) in [6.07, 6.45) is 1.70. The summed E-state index contributed by atoms with van der Waals surface area (Å²) in [6, 6.07) is 5.47. The highest BCUT2D eigenvalue weighted by atomic mass is 16.2. The van der Waals surface area contributed by atoms with E-state index in [9.17, 15) is 9.59 Å². The van der Waals surface area contributed by atoms with Gasteiger partial charge in [0.1, 0.15) is 6.04 Å². The highest BCUT2D eigenvalue weighted by molar-refractivity contribution is 5.99. The molecule has 1 unspecified atom stereocenters. The summed E-state index contributed by atoms with van der Waals surface area (Å²) in [7, 11) is 0. The lowest BCUT2D eigenvalue weighted by atomic mass is 10.1. The van der Waals surface area contributed by atoms with Crippen molar-refractivity contribution in [1.29, 1.82) is 0 Å². The lowest BCUT2D eigenvalue weighted by molar-refractivity contribution is -0.116. The minimum atomic E-state index is -0.322. The molecule has 1 aromatic heterocycles. The number of anilines is 3. The summed E-state index contributed by atoms with van der Waals surface area (Å²) >= 11 is 0. The predicted octanol–water partition coefficient (Wildman–Crippen LogP) is 2.50. The van der Waals surface area contributed by atoms with Crippen molar-refractivity contribution in [3.05, 3.63) is 34.7 Å². The van der Waals surface area contributed by atoms with Crippen molar-refractivity contribution in [3.8, 4) is 11.3 Å². The van der Waals surface area contributed by atoms with Gasteiger partial charge in [-0.3, -0.25) is 9.59 Å². The number of hydrogen-bond donors (Lipinski definition) is 3. The summed E-state index contributed by atoms with van der Waals surface area (Å²) in [4.78, 5) is 29.0. The Bertz CT molecular complexity index is 872. The minimum absolute atomic E-state index is 0.0883. The van der Waals surface area contributed by atoms with Crippen LogP contribution >= 0.6 is 0 Å². The van der Waals surface area contributed by atoms with E-state index < -0.39 is 0 Å². The third-order valence-electron chi connectivity index (χ3n) is 4.07. The number of benzene rings is 1. The predicted molar refractivity (Wildman–Crippen MR) is 100 cm³/mol. The van der Waals surface area contributed by atoms with Crippen LogP contribution in [0.25, 0.3) is 11.3 Å². The Balaban J connectivity index is 2.10. The Morgan fingerprint density at radius 2 is 1.96 bits per heavy atom. The lowest BCUT2D eigenvalue weighted by Crippen LogP contribution is -2.29. The molecule has 7 heteroatoms. The van der Waals surface area contributed by atoms with Gasteiger partial charge in [-0.2, -0.15) is 0 Å². The standard InChI is InChI=1S/C18H23N5O2/c1-5-23-15(9-19-16(18(23)25)20-10(2)3)12-6-13-8-14(7-12)22-17(24)11(4)21-13/h6-11,21H,5H2,1-4H3,(H,19,20)(H,22,24). The van der Waals surface area contributed by atoms with Gasteiger partial charge in [0.2, 0.25) is 5.91 Å². The smallest absolute Gasteiger partial charge is 0.293 e. The van der Waals surface area contributed by atoms with E-state index in [1.54, 1.807) is 17.7 Å². The fourth-order valence-electron chi connectivity index (χ4n) is 2.90. The number of amides is 1. The molecule has 132 valence electrons. The molecule has 0 aliphatic carbocycles. The van der Waals surface area contributed by atoms with Crippen molar-refractivity contribution in [3.63, 3.8) is 0 Å². The summed E-state index contributed by atoms with van der Waals surface area (Å²) in [5, 5.41) is 9.11. The van der Waals surface area contributed by atoms with Gasteiger partial charge in [-0.05, 0) is 45.9 Å².